The van der Waals surface area contributed by atoms with Gasteiger partial charge in [-0.25, -0.2) is 4.98 Å². The van der Waals surface area contributed by atoms with Gasteiger partial charge in [0.15, 0.2) is 5.11 Å². The van der Waals surface area contributed by atoms with Crippen LogP contribution in [0.5, 0.6) is 5.75 Å². The maximum atomic E-state index is 13.1. The molecular weight excluding hydrogens is 521 g/mol. The highest BCUT2D eigenvalue weighted by molar-refractivity contribution is 7.80. The summed E-state index contributed by atoms with van der Waals surface area (Å²) in [5.41, 5.74) is 2.42. The molecule has 0 bridgehead atoms. The van der Waals surface area contributed by atoms with Crippen LogP contribution in [0, 0.1) is 0 Å². The van der Waals surface area contributed by atoms with Gasteiger partial charge in [0.1, 0.15) is 10.8 Å². The number of hydrogen-bond acceptors (Lipinski definition) is 5. The second kappa shape index (κ2) is 9.79. The molecule has 0 unspecified atom stereocenters. The lowest BCUT2D eigenvalue weighted by molar-refractivity contribution is 0.0975. The molecule has 1 aromatic heterocycles. The van der Waals surface area contributed by atoms with Crippen LogP contribution in [0.25, 0.3) is 31.6 Å². The molecule has 0 aliphatic carbocycles. The van der Waals surface area contributed by atoms with Gasteiger partial charge in [0.2, 0.25) is 0 Å². The van der Waals surface area contributed by atoms with E-state index < -0.39 is 5.91 Å². The van der Waals surface area contributed by atoms with E-state index in [2.05, 4.69) is 10.6 Å². The fourth-order valence-corrected chi connectivity index (χ4v) is 5.46. The summed E-state index contributed by atoms with van der Waals surface area (Å²) in [6.07, 6.45) is 0. The number of halogens is 2. The highest BCUT2D eigenvalue weighted by atomic mass is 35.5. The average Bonchev–Trinajstić information content (AvgIpc) is 3.28. The second-order valence-electron chi connectivity index (χ2n) is 7.60. The van der Waals surface area contributed by atoms with Crippen molar-refractivity contribution in [2.45, 2.75) is 0 Å². The van der Waals surface area contributed by atoms with Gasteiger partial charge in [0, 0.05) is 10.6 Å². The lowest BCUT2D eigenvalue weighted by Crippen LogP contribution is -2.34. The van der Waals surface area contributed by atoms with E-state index in [1.165, 1.54) is 18.4 Å². The maximum Gasteiger partial charge on any atom is 0.261 e. The Bertz CT molecular complexity index is 1580. The number of carbonyl (C=O) groups excluding carboxylic acids is 1. The molecule has 5 nitrogen and oxygen atoms in total. The first kappa shape index (κ1) is 23.5. The molecule has 0 spiro atoms. The topological polar surface area (TPSA) is 63.2 Å². The van der Waals surface area contributed by atoms with E-state index in [1.54, 1.807) is 18.2 Å². The summed E-state index contributed by atoms with van der Waals surface area (Å²) < 4.78 is 6.48. The van der Waals surface area contributed by atoms with E-state index in [4.69, 9.17) is 45.1 Å². The van der Waals surface area contributed by atoms with Crippen LogP contribution in [-0.4, -0.2) is 23.1 Å². The summed E-state index contributed by atoms with van der Waals surface area (Å²) in [5.74, 6) is 0.0421. The number of ether oxygens (including phenoxy) is 1. The molecule has 174 valence electrons. The summed E-state index contributed by atoms with van der Waals surface area (Å²) in [5, 5.41) is 9.29. The first-order valence-corrected chi connectivity index (χ1v) is 12.4. The normalized spacial score (nSPS) is 10.9. The molecule has 0 atom stereocenters. The molecule has 5 aromatic rings. The number of hydrogen-bond donors (Lipinski definition) is 2. The molecule has 1 amide bonds. The fourth-order valence-electron chi connectivity index (χ4n) is 3.74. The van der Waals surface area contributed by atoms with Crippen molar-refractivity contribution in [1.29, 1.82) is 0 Å². The van der Waals surface area contributed by atoms with E-state index in [0.29, 0.717) is 32.6 Å². The number of nitrogens with one attached hydrogen (secondary N) is 2. The highest BCUT2D eigenvalue weighted by Gasteiger charge is 2.19. The number of aromatic nitrogens is 1. The van der Waals surface area contributed by atoms with Gasteiger partial charge < -0.3 is 10.1 Å². The van der Waals surface area contributed by atoms with E-state index in [-0.39, 0.29) is 5.11 Å². The molecular formula is C26H17Cl2N3O2S2. The van der Waals surface area contributed by atoms with Crippen molar-refractivity contribution < 1.29 is 9.53 Å². The number of fused-ring (bicyclic) bond motifs is 2. The van der Waals surface area contributed by atoms with Crippen molar-refractivity contribution in [1.82, 2.24) is 10.3 Å². The molecule has 9 heteroatoms. The van der Waals surface area contributed by atoms with Crippen molar-refractivity contribution in [3.8, 4) is 16.3 Å². The van der Waals surface area contributed by atoms with Crippen LogP contribution >= 0.6 is 46.8 Å². The Morgan fingerprint density at radius 1 is 1.00 bits per heavy atom. The zero-order valence-corrected chi connectivity index (χ0v) is 21.4. The van der Waals surface area contributed by atoms with E-state index in [0.717, 1.165) is 26.0 Å². The third kappa shape index (κ3) is 4.81. The molecule has 0 radical (unpaired) electrons. The minimum Gasteiger partial charge on any atom is -0.496 e. The average molecular weight is 538 g/mol. The lowest BCUT2D eigenvalue weighted by atomic mass is 10.1. The monoisotopic (exact) mass is 537 g/mol. The third-order valence-corrected chi connectivity index (χ3v) is 7.15. The minimum atomic E-state index is -0.406. The number of nitrogens with zero attached hydrogens (tertiary/aromatic N) is 1. The Hall–Kier alpha value is -3.23. The second-order valence-corrected chi connectivity index (χ2v) is 9.89. The van der Waals surface area contributed by atoms with Crippen LogP contribution in [0.1, 0.15) is 10.4 Å². The van der Waals surface area contributed by atoms with Crippen LogP contribution in [0.3, 0.4) is 0 Å². The molecule has 0 aliphatic heterocycles. The fraction of sp³-hybridized carbons (Fsp3) is 0.0385. The standard InChI is InChI=1S/C26H17Cl2N3O2S2/c1-33-21-11-15-7-3-2-6-14(15)10-17(21)24(32)31-26(34)30-23-18(12-16(27)13-19(23)28)25-29-20-8-4-5-9-22(20)35-25/h2-13H,1H3,(H2,30,31,32,34). The quantitative estimate of drug-likeness (QED) is 0.231. The van der Waals surface area contributed by atoms with E-state index in [1.807, 2.05) is 54.6 Å². The number of amides is 1. The summed E-state index contributed by atoms with van der Waals surface area (Å²) in [6, 6.07) is 22.5. The van der Waals surface area contributed by atoms with Crippen molar-refractivity contribution in [2.75, 3.05) is 12.4 Å². The van der Waals surface area contributed by atoms with Gasteiger partial charge in [-0.1, -0.05) is 59.6 Å². The maximum absolute atomic E-state index is 13.1. The van der Waals surface area contributed by atoms with Crippen LogP contribution in [0.15, 0.2) is 72.8 Å². The Kier molecular flexibility index (Phi) is 6.58. The zero-order chi connectivity index (χ0) is 24.5. The number of para-hydroxylation sites is 1. The van der Waals surface area contributed by atoms with Crippen molar-refractivity contribution >= 4 is 84.5 Å². The Labute approximate surface area is 220 Å². The van der Waals surface area contributed by atoms with E-state index in [9.17, 15) is 4.79 Å². The number of thiocarbonyl (C=S) groups is 1. The van der Waals surface area contributed by atoms with Crippen molar-refractivity contribution in [3.63, 3.8) is 0 Å². The summed E-state index contributed by atoms with van der Waals surface area (Å²) in [4.78, 5) is 17.8. The highest BCUT2D eigenvalue weighted by Crippen LogP contribution is 2.40. The molecule has 2 N–H and O–H groups in total. The first-order chi connectivity index (χ1) is 16.9. The Morgan fingerprint density at radius 3 is 2.46 bits per heavy atom. The number of carbonyl (C=O) groups is 1. The molecule has 5 rings (SSSR count). The number of benzene rings is 4. The molecule has 35 heavy (non-hydrogen) atoms. The SMILES string of the molecule is COc1cc2ccccc2cc1C(=O)NC(=S)Nc1c(Cl)cc(Cl)cc1-c1nc2ccccc2s1. The predicted molar refractivity (Wildman–Crippen MR) is 149 cm³/mol. The molecule has 1 heterocycles. The summed E-state index contributed by atoms with van der Waals surface area (Å²) >= 11 is 19.8. The van der Waals surface area contributed by atoms with Gasteiger partial charge in [-0.05, 0) is 59.4 Å². The Morgan fingerprint density at radius 2 is 1.71 bits per heavy atom. The van der Waals surface area contributed by atoms with Crippen LogP contribution in [0.4, 0.5) is 5.69 Å². The minimum absolute atomic E-state index is 0.0804. The van der Waals surface area contributed by atoms with Gasteiger partial charge in [0.25, 0.3) is 5.91 Å². The van der Waals surface area contributed by atoms with Gasteiger partial charge in [-0.15, -0.1) is 11.3 Å². The third-order valence-electron chi connectivity index (χ3n) is 5.36. The summed E-state index contributed by atoms with van der Waals surface area (Å²) in [7, 11) is 1.52. The smallest absolute Gasteiger partial charge is 0.261 e. The van der Waals surface area contributed by atoms with Gasteiger partial charge in [-0.3, -0.25) is 10.1 Å². The summed E-state index contributed by atoms with van der Waals surface area (Å²) in [6.45, 7) is 0. The number of anilines is 1. The van der Waals surface area contributed by atoms with Gasteiger partial charge >= 0.3 is 0 Å². The largest absolute Gasteiger partial charge is 0.496 e. The van der Waals surface area contributed by atoms with Gasteiger partial charge in [0.05, 0.1) is 33.6 Å². The van der Waals surface area contributed by atoms with Crippen LogP contribution in [-0.2, 0) is 0 Å². The van der Waals surface area contributed by atoms with Crippen LogP contribution in [0.2, 0.25) is 10.0 Å². The molecule has 0 fully saturated rings. The number of thiazole rings is 1. The predicted octanol–water partition coefficient (Wildman–Crippen LogP) is 7.56. The van der Waals surface area contributed by atoms with Gasteiger partial charge in [-0.2, -0.15) is 0 Å². The first-order valence-electron chi connectivity index (χ1n) is 10.5. The van der Waals surface area contributed by atoms with E-state index >= 15 is 0 Å². The zero-order valence-electron chi connectivity index (χ0n) is 18.3. The molecule has 0 aliphatic rings. The Balaban J connectivity index is 1.44. The molecule has 0 saturated carbocycles. The van der Waals surface area contributed by atoms with Crippen molar-refractivity contribution in [3.05, 3.63) is 88.4 Å². The molecule has 0 saturated heterocycles. The number of rotatable bonds is 4. The van der Waals surface area contributed by atoms with Crippen molar-refractivity contribution in [2.24, 2.45) is 0 Å². The number of methoxy groups -OCH3 is 1. The molecule has 4 aromatic carbocycles. The van der Waals surface area contributed by atoms with Crippen LogP contribution < -0.4 is 15.4 Å². The lowest BCUT2D eigenvalue weighted by Gasteiger charge is -2.16.